The molecule has 0 aromatic carbocycles. The molecular weight excluding hydrogens is 234 g/mol. The second kappa shape index (κ2) is 8.15. The van der Waals surface area contributed by atoms with Crippen molar-refractivity contribution in [2.24, 2.45) is 0 Å². The van der Waals surface area contributed by atoms with Crippen molar-refractivity contribution in [1.29, 1.82) is 0 Å². The summed E-state index contributed by atoms with van der Waals surface area (Å²) in [6, 6.07) is 5.13. The molecule has 0 saturated heterocycles. The van der Waals surface area contributed by atoms with Crippen LogP contribution in [0.2, 0.25) is 0 Å². The summed E-state index contributed by atoms with van der Waals surface area (Å²) in [6.07, 6.45) is 2.43. The van der Waals surface area contributed by atoms with E-state index in [1.165, 1.54) is 27.7 Å². The highest BCUT2D eigenvalue weighted by Crippen LogP contribution is 2.16. The van der Waals surface area contributed by atoms with Crippen molar-refractivity contribution in [1.82, 2.24) is 5.32 Å². The smallest absolute Gasteiger partial charge is 0.0302 e. The van der Waals surface area contributed by atoms with Crippen LogP contribution >= 0.6 is 23.1 Å². The molecule has 16 heavy (non-hydrogen) atoms. The summed E-state index contributed by atoms with van der Waals surface area (Å²) in [4.78, 5) is 2.96. The number of aryl methyl sites for hydroxylation is 1. The van der Waals surface area contributed by atoms with E-state index < -0.39 is 0 Å². The third-order valence-corrected chi connectivity index (χ3v) is 4.75. The predicted octanol–water partition coefficient (Wildman–Crippen LogP) is 3.93. The minimum atomic E-state index is 0.631. The number of thiophene rings is 1. The number of thioether (sulfide) groups is 1. The van der Waals surface area contributed by atoms with Crippen molar-refractivity contribution in [3.8, 4) is 0 Å². The molecule has 1 aromatic heterocycles. The van der Waals surface area contributed by atoms with Gasteiger partial charge in [0.1, 0.15) is 0 Å². The summed E-state index contributed by atoms with van der Waals surface area (Å²) in [5.74, 6) is 2.51. The Hall–Kier alpha value is 0.01000. The van der Waals surface area contributed by atoms with Gasteiger partial charge in [0.25, 0.3) is 0 Å². The maximum absolute atomic E-state index is 3.59. The van der Waals surface area contributed by atoms with Crippen molar-refractivity contribution < 1.29 is 0 Å². The molecule has 0 saturated carbocycles. The molecule has 1 heterocycles. The lowest BCUT2D eigenvalue weighted by atomic mass is 10.2. The van der Waals surface area contributed by atoms with E-state index in [4.69, 9.17) is 0 Å². The first kappa shape index (κ1) is 14.1. The molecule has 0 aliphatic rings. The van der Waals surface area contributed by atoms with E-state index in [0.717, 1.165) is 13.0 Å². The Morgan fingerprint density at radius 3 is 2.69 bits per heavy atom. The fourth-order valence-electron chi connectivity index (χ4n) is 1.49. The monoisotopic (exact) mass is 257 g/mol. The first-order chi connectivity index (χ1) is 7.76. The molecule has 1 atom stereocenters. The van der Waals surface area contributed by atoms with Gasteiger partial charge < -0.3 is 5.32 Å². The van der Waals surface area contributed by atoms with Crippen LogP contribution in [0.3, 0.4) is 0 Å². The van der Waals surface area contributed by atoms with Gasteiger partial charge in [-0.1, -0.05) is 13.8 Å². The Morgan fingerprint density at radius 1 is 1.31 bits per heavy atom. The SMILES string of the molecule is CCSCCC(C)NCc1ccc(CC)s1. The standard InChI is InChI=1S/C13H23NS2/c1-4-12-6-7-13(16-12)10-14-11(3)8-9-15-5-2/h6-7,11,14H,4-5,8-10H2,1-3H3. The summed E-state index contributed by atoms with van der Waals surface area (Å²) in [7, 11) is 0. The van der Waals surface area contributed by atoms with E-state index in [-0.39, 0.29) is 0 Å². The molecule has 1 rings (SSSR count). The van der Waals surface area contributed by atoms with Gasteiger partial charge in [-0.2, -0.15) is 11.8 Å². The Labute approximate surface area is 108 Å². The van der Waals surface area contributed by atoms with Crippen LogP contribution in [0.15, 0.2) is 12.1 Å². The van der Waals surface area contributed by atoms with Gasteiger partial charge in [0.05, 0.1) is 0 Å². The molecule has 1 aromatic rings. The fraction of sp³-hybridized carbons (Fsp3) is 0.692. The quantitative estimate of drug-likeness (QED) is 0.708. The Balaban J connectivity index is 2.18. The molecule has 1 nitrogen and oxygen atoms in total. The summed E-state index contributed by atoms with van der Waals surface area (Å²) in [5.41, 5.74) is 0. The van der Waals surface area contributed by atoms with E-state index >= 15 is 0 Å². The highest BCUT2D eigenvalue weighted by Gasteiger charge is 2.03. The van der Waals surface area contributed by atoms with Crippen molar-refractivity contribution in [2.45, 2.75) is 46.2 Å². The molecule has 0 aliphatic heterocycles. The number of hydrogen-bond donors (Lipinski definition) is 1. The highest BCUT2D eigenvalue weighted by atomic mass is 32.2. The van der Waals surface area contributed by atoms with Crippen LogP contribution in [0.4, 0.5) is 0 Å². The summed E-state index contributed by atoms with van der Waals surface area (Å²) >= 11 is 3.96. The minimum absolute atomic E-state index is 0.631. The molecule has 92 valence electrons. The minimum Gasteiger partial charge on any atom is -0.309 e. The van der Waals surface area contributed by atoms with Gasteiger partial charge in [0, 0.05) is 22.3 Å². The van der Waals surface area contributed by atoms with Crippen molar-refractivity contribution in [3.63, 3.8) is 0 Å². The normalized spacial score (nSPS) is 12.9. The first-order valence-electron chi connectivity index (χ1n) is 6.15. The maximum Gasteiger partial charge on any atom is 0.0302 e. The van der Waals surface area contributed by atoms with Crippen molar-refractivity contribution >= 4 is 23.1 Å². The first-order valence-corrected chi connectivity index (χ1v) is 8.12. The summed E-state index contributed by atoms with van der Waals surface area (Å²) in [6.45, 7) is 7.75. The van der Waals surface area contributed by atoms with Crippen LogP contribution in [0.5, 0.6) is 0 Å². The fourth-order valence-corrected chi connectivity index (χ4v) is 3.21. The Morgan fingerprint density at radius 2 is 2.06 bits per heavy atom. The highest BCUT2D eigenvalue weighted by molar-refractivity contribution is 7.99. The van der Waals surface area contributed by atoms with Crippen LogP contribution < -0.4 is 5.32 Å². The lowest BCUT2D eigenvalue weighted by Gasteiger charge is -2.12. The zero-order valence-electron chi connectivity index (χ0n) is 10.6. The second-order valence-electron chi connectivity index (χ2n) is 3.99. The number of nitrogens with one attached hydrogen (secondary N) is 1. The zero-order valence-corrected chi connectivity index (χ0v) is 12.2. The van der Waals surface area contributed by atoms with Crippen LogP contribution in [0.1, 0.15) is 36.9 Å². The third kappa shape index (κ3) is 5.37. The summed E-state index contributed by atoms with van der Waals surface area (Å²) in [5, 5.41) is 3.59. The molecule has 3 heteroatoms. The van der Waals surface area contributed by atoms with Crippen LogP contribution in [0, 0.1) is 0 Å². The van der Waals surface area contributed by atoms with E-state index in [9.17, 15) is 0 Å². The van der Waals surface area contributed by atoms with Crippen molar-refractivity contribution in [2.75, 3.05) is 11.5 Å². The molecule has 0 fully saturated rings. The zero-order chi connectivity index (χ0) is 11.8. The van der Waals surface area contributed by atoms with Gasteiger partial charge in [-0.25, -0.2) is 0 Å². The Bertz CT molecular complexity index is 283. The lowest BCUT2D eigenvalue weighted by molar-refractivity contribution is 0.540. The predicted molar refractivity (Wildman–Crippen MR) is 77.6 cm³/mol. The van der Waals surface area contributed by atoms with Gasteiger partial charge in [-0.05, 0) is 43.4 Å². The Kier molecular flexibility index (Phi) is 7.17. The van der Waals surface area contributed by atoms with E-state index in [0.29, 0.717) is 6.04 Å². The summed E-state index contributed by atoms with van der Waals surface area (Å²) < 4.78 is 0. The average Bonchev–Trinajstić information content (AvgIpc) is 2.74. The molecule has 0 bridgehead atoms. The molecule has 0 spiro atoms. The molecular formula is C13H23NS2. The molecule has 0 radical (unpaired) electrons. The molecule has 0 aliphatic carbocycles. The topological polar surface area (TPSA) is 12.0 Å². The van der Waals surface area contributed by atoms with E-state index in [2.05, 4.69) is 38.2 Å². The third-order valence-electron chi connectivity index (χ3n) is 2.59. The van der Waals surface area contributed by atoms with E-state index in [1.54, 1.807) is 0 Å². The second-order valence-corrected chi connectivity index (χ2v) is 6.64. The maximum atomic E-state index is 3.59. The molecule has 1 N–H and O–H groups in total. The van der Waals surface area contributed by atoms with Gasteiger partial charge in [0.15, 0.2) is 0 Å². The van der Waals surface area contributed by atoms with Gasteiger partial charge in [0.2, 0.25) is 0 Å². The number of hydrogen-bond acceptors (Lipinski definition) is 3. The van der Waals surface area contributed by atoms with Crippen molar-refractivity contribution in [3.05, 3.63) is 21.9 Å². The average molecular weight is 257 g/mol. The van der Waals surface area contributed by atoms with Gasteiger partial charge >= 0.3 is 0 Å². The van der Waals surface area contributed by atoms with Gasteiger partial charge in [-0.3, -0.25) is 0 Å². The van der Waals surface area contributed by atoms with Crippen LogP contribution in [-0.4, -0.2) is 17.5 Å². The molecule has 0 amide bonds. The number of rotatable bonds is 8. The van der Waals surface area contributed by atoms with Crippen LogP contribution in [0.25, 0.3) is 0 Å². The largest absolute Gasteiger partial charge is 0.309 e. The van der Waals surface area contributed by atoms with E-state index in [1.807, 2.05) is 23.1 Å². The van der Waals surface area contributed by atoms with Gasteiger partial charge in [-0.15, -0.1) is 11.3 Å². The van der Waals surface area contributed by atoms with Crippen LogP contribution in [-0.2, 0) is 13.0 Å². The molecule has 1 unspecified atom stereocenters. The lowest BCUT2D eigenvalue weighted by Crippen LogP contribution is -2.25.